The van der Waals surface area contributed by atoms with Crippen LogP contribution < -0.4 is 0 Å². The van der Waals surface area contributed by atoms with Crippen LogP contribution in [0, 0.1) is 5.92 Å². The van der Waals surface area contributed by atoms with Gasteiger partial charge in [0.25, 0.3) is 0 Å². The smallest absolute Gasteiger partial charge is 0.302 e. The zero-order chi connectivity index (χ0) is 32.8. The van der Waals surface area contributed by atoms with E-state index in [1.807, 2.05) is 91.0 Å². The van der Waals surface area contributed by atoms with Gasteiger partial charge in [-0.05, 0) is 35.4 Å². The predicted octanol–water partition coefficient (Wildman–Crippen LogP) is 5.82. The average Bonchev–Trinajstić information content (AvgIpc) is 3.09. The van der Waals surface area contributed by atoms with E-state index in [0.717, 1.165) is 16.7 Å². The maximum Gasteiger partial charge on any atom is 0.302 e. The second kappa shape index (κ2) is 18.1. The van der Waals surface area contributed by atoms with E-state index in [4.69, 9.17) is 33.2 Å². The monoisotopic (exact) mass is 646 g/mol. The van der Waals surface area contributed by atoms with Crippen molar-refractivity contribution in [2.75, 3.05) is 19.8 Å². The first-order valence-corrected chi connectivity index (χ1v) is 16.4. The fourth-order valence-electron chi connectivity index (χ4n) is 6.20. The summed E-state index contributed by atoms with van der Waals surface area (Å²) in [6, 6.07) is 30.1. The van der Waals surface area contributed by atoms with E-state index in [1.54, 1.807) is 0 Å². The Bertz CT molecular complexity index is 1350. The van der Waals surface area contributed by atoms with Gasteiger partial charge >= 0.3 is 11.9 Å². The van der Waals surface area contributed by atoms with Crippen molar-refractivity contribution in [2.24, 2.45) is 5.92 Å². The maximum atomic E-state index is 11.8. The van der Waals surface area contributed by atoms with Crippen LogP contribution >= 0.6 is 0 Å². The number of rotatable bonds is 15. The molecular weight excluding hydrogens is 600 g/mol. The maximum absolute atomic E-state index is 11.8. The highest BCUT2D eigenvalue weighted by atomic mass is 16.6. The normalized spacial score (nSPS) is 26.0. The summed E-state index contributed by atoms with van der Waals surface area (Å²) in [5.41, 5.74) is 3.18. The number of hydrogen-bond donors (Lipinski definition) is 0. The fourth-order valence-corrected chi connectivity index (χ4v) is 6.20. The predicted molar refractivity (Wildman–Crippen MR) is 174 cm³/mol. The van der Waals surface area contributed by atoms with E-state index >= 15 is 0 Å². The Morgan fingerprint density at radius 3 is 1.66 bits per heavy atom. The molecule has 0 saturated carbocycles. The van der Waals surface area contributed by atoms with Gasteiger partial charge in [0, 0.05) is 20.3 Å². The second-order valence-corrected chi connectivity index (χ2v) is 12.3. The molecule has 47 heavy (non-hydrogen) atoms. The largest absolute Gasteiger partial charge is 0.463 e. The second-order valence-electron chi connectivity index (χ2n) is 12.3. The zero-order valence-electron chi connectivity index (χ0n) is 27.2. The van der Waals surface area contributed by atoms with Crippen molar-refractivity contribution in [3.05, 3.63) is 108 Å². The Hall–Kier alpha value is -3.60. The van der Waals surface area contributed by atoms with Gasteiger partial charge in [-0.3, -0.25) is 9.59 Å². The van der Waals surface area contributed by atoms with Crippen molar-refractivity contribution in [2.45, 2.75) is 89.6 Å². The molecule has 0 amide bonds. The third-order valence-corrected chi connectivity index (χ3v) is 8.56. The molecule has 0 aliphatic carbocycles. The van der Waals surface area contributed by atoms with Gasteiger partial charge in [-0.15, -0.1) is 0 Å². The molecule has 9 nitrogen and oxygen atoms in total. The van der Waals surface area contributed by atoms with Crippen molar-refractivity contribution in [1.29, 1.82) is 0 Å². The molecule has 0 N–H and O–H groups in total. The number of carbonyl (C=O) groups excluding carboxylic acids is 2. The van der Waals surface area contributed by atoms with Gasteiger partial charge in [-0.1, -0.05) is 91.0 Å². The molecule has 252 valence electrons. The molecule has 2 heterocycles. The van der Waals surface area contributed by atoms with E-state index in [1.165, 1.54) is 13.8 Å². The SMILES string of the molecule is CC(=O)OCC1CC(CC2OC(COC(C)=O)CC(OCc3ccccc3)C2OCc2ccccc2)C(OCc2ccccc2)CO1. The number of benzene rings is 3. The lowest BCUT2D eigenvalue weighted by atomic mass is 9.84. The molecule has 2 saturated heterocycles. The van der Waals surface area contributed by atoms with Crippen molar-refractivity contribution in [3.63, 3.8) is 0 Å². The first-order chi connectivity index (χ1) is 22.9. The topological polar surface area (TPSA) is 98.8 Å². The molecule has 0 radical (unpaired) electrons. The minimum Gasteiger partial charge on any atom is -0.463 e. The molecular formula is C38H46O9. The lowest BCUT2D eigenvalue weighted by Gasteiger charge is -2.44. The summed E-state index contributed by atoms with van der Waals surface area (Å²) in [6.07, 6.45) is -0.281. The minimum absolute atomic E-state index is 0.00287. The van der Waals surface area contributed by atoms with E-state index in [9.17, 15) is 9.59 Å². The zero-order valence-corrected chi connectivity index (χ0v) is 27.2. The molecule has 0 aromatic heterocycles. The lowest BCUT2D eigenvalue weighted by molar-refractivity contribution is -0.227. The van der Waals surface area contributed by atoms with Gasteiger partial charge in [0.15, 0.2) is 0 Å². The molecule has 5 rings (SSSR count). The quantitative estimate of drug-likeness (QED) is 0.189. The van der Waals surface area contributed by atoms with Crippen LogP contribution in [0.25, 0.3) is 0 Å². The third kappa shape index (κ3) is 11.3. The molecule has 3 aromatic carbocycles. The van der Waals surface area contributed by atoms with Gasteiger partial charge in [-0.25, -0.2) is 0 Å². The molecule has 2 aliphatic rings. The summed E-state index contributed by atoms with van der Waals surface area (Å²) in [5, 5.41) is 0. The van der Waals surface area contributed by atoms with E-state index in [0.29, 0.717) is 45.7 Å². The number of esters is 2. The van der Waals surface area contributed by atoms with Gasteiger partial charge in [0.05, 0.1) is 56.9 Å². The van der Waals surface area contributed by atoms with Crippen molar-refractivity contribution in [3.8, 4) is 0 Å². The van der Waals surface area contributed by atoms with Crippen LogP contribution in [0.4, 0.5) is 0 Å². The molecule has 7 atom stereocenters. The number of ether oxygens (including phenoxy) is 7. The molecule has 7 unspecified atom stereocenters. The Kier molecular flexibility index (Phi) is 13.4. The highest BCUT2D eigenvalue weighted by molar-refractivity contribution is 5.66. The van der Waals surface area contributed by atoms with E-state index < -0.39 is 12.2 Å². The highest BCUT2D eigenvalue weighted by Crippen LogP contribution is 2.35. The lowest BCUT2D eigenvalue weighted by Crippen LogP contribution is -2.54. The summed E-state index contributed by atoms with van der Waals surface area (Å²) in [5.74, 6) is -0.700. The summed E-state index contributed by atoms with van der Waals surface area (Å²) >= 11 is 0. The van der Waals surface area contributed by atoms with Crippen LogP contribution in [0.15, 0.2) is 91.0 Å². The van der Waals surface area contributed by atoms with Gasteiger partial charge in [0.1, 0.15) is 19.3 Å². The summed E-state index contributed by atoms with van der Waals surface area (Å²) in [6.45, 7) is 4.70. The highest BCUT2D eigenvalue weighted by Gasteiger charge is 2.44. The molecule has 9 heteroatoms. The molecule has 2 aliphatic heterocycles. The van der Waals surface area contributed by atoms with Crippen molar-refractivity contribution < 1.29 is 42.7 Å². The van der Waals surface area contributed by atoms with Crippen molar-refractivity contribution in [1.82, 2.24) is 0 Å². The van der Waals surface area contributed by atoms with E-state index in [2.05, 4.69) is 0 Å². The summed E-state index contributed by atoms with van der Waals surface area (Å²) in [7, 11) is 0. The van der Waals surface area contributed by atoms with Gasteiger partial charge < -0.3 is 33.2 Å². The average molecular weight is 647 g/mol. The Morgan fingerprint density at radius 1 is 0.638 bits per heavy atom. The van der Waals surface area contributed by atoms with Crippen LogP contribution in [0.2, 0.25) is 0 Å². The van der Waals surface area contributed by atoms with Gasteiger partial charge in [-0.2, -0.15) is 0 Å². The Balaban J connectivity index is 1.38. The van der Waals surface area contributed by atoms with E-state index in [-0.39, 0.29) is 55.5 Å². The summed E-state index contributed by atoms with van der Waals surface area (Å²) < 4.78 is 43.3. The molecule has 0 bridgehead atoms. The molecule has 0 spiro atoms. The molecule has 3 aromatic rings. The van der Waals surface area contributed by atoms with Crippen LogP contribution in [-0.2, 0) is 62.6 Å². The van der Waals surface area contributed by atoms with Gasteiger partial charge in [0.2, 0.25) is 0 Å². The standard InChI is InChI=1S/C38H46O9/c1-27(39)41-24-33-18-32(37(26-43-33)45-22-30-14-8-4-9-15-30)19-36-38(46-23-31-16-10-5-11-17-31)35(20-34(47-36)25-42-28(2)40)44-21-29-12-6-3-7-13-29/h3-17,32-38H,18-26H2,1-2H3. The summed E-state index contributed by atoms with van der Waals surface area (Å²) in [4.78, 5) is 23.4. The molecule has 2 fully saturated rings. The number of hydrogen-bond acceptors (Lipinski definition) is 9. The van der Waals surface area contributed by atoms with Crippen molar-refractivity contribution >= 4 is 11.9 Å². The minimum atomic E-state index is -0.406. The van der Waals surface area contributed by atoms with Crippen LogP contribution in [0.5, 0.6) is 0 Å². The first kappa shape index (κ1) is 34.7. The van der Waals surface area contributed by atoms with Crippen LogP contribution in [0.1, 0.15) is 49.8 Å². The fraction of sp³-hybridized carbons (Fsp3) is 0.474. The first-order valence-electron chi connectivity index (χ1n) is 16.4. The third-order valence-electron chi connectivity index (χ3n) is 8.56. The Labute approximate surface area is 277 Å². The number of carbonyl (C=O) groups is 2. The van der Waals surface area contributed by atoms with Crippen LogP contribution in [0.3, 0.4) is 0 Å². The Morgan fingerprint density at radius 2 is 1.13 bits per heavy atom. The van der Waals surface area contributed by atoms with Crippen LogP contribution in [-0.4, -0.2) is 68.4 Å².